The Morgan fingerprint density at radius 1 is 1.11 bits per heavy atom. The Morgan fingerprint density at radius 3 is 2.17 bits per heavy atom. The molecule has 0 saturated carbocycles. The maximum atomic E-state index is 11.8. The summed E-state index contributed by atoms with van der Waals surface area (Å²) in [6.07, 6.45) is 6.13. The van der Waals surface area contributed by atoms with Gasteiger partial charge in [0.2, 0.25) is 0 Å². The minimum Gasteiger partial charge on any atom is -0.380 e. The summed E-state index contributed by atoms with van der Waals surface area (Å²) < 4.78 is 16.9. The zero-order valence-corrected chi connectivity index (χ0v) is 12.9. The zero-order chi connectivity index (χ0) is 14.0. The van der Waals surface area contributed by atoms with E-state index in [-0.39, 0.29) is 6.61 Å². The van der Waals surface area contributed by atoms with Crippen LogP contribution >= 0.6 is 7.60 Å². The summed E-state index contributed by atoms with van der Waals surface area (Å²) in [5, 5.41) is 9.63. The van der Waals surface area contributed by atoms with Crippen molar-refractivity contribution in [1.82, 2.24) is 0 Å². The predicted octanol–water partition coefficient (Wildman–Crippen LogP) is 3.91. The molecule has 5 heteroatoms. The average Bonchev–Trinajstić information content (AvgIpc) is 2.36. The summed E-state index contributed by atoms with van der Waals surface area (Å²) in [5.41, 5.74) is 0. The lowest BCUT2D eigenvalue weighted by Crippen LogP contribution is -2.14. The number of aliphatic hydroxyl groups excluding tert-OH is 1. The minimum absolute atomic E-state index is 0.271. The lowest BCUT2D eigenvalue weighted by atomic mass is 10.0. The van der Waals surface area contributed by atoms with E-state index < -0.39 is 13.4 Å². The molecule has 0 aliphatic rings. The highest BCUT2D eigenvalue weighted by atomic mass is 31.2. The summed E-state index contributed by atoms with van der Waals surface area (Å²) in [6, 6.07) is 0. The highest BCUT2D eigenvalue weighted by Crippen LogP contribution is 2.48. The molecule has 0 radical (unpaired) electrons. The van der Waals surface area contributed by atoms with E-state index in [1.54, 1.807) is 0 Å². The van der Waals surface area contributed by atoms with Crippen molar-refractivity contribution in [3.05, 3.63) is 0 Å². The topological polar surface area (TPSA) is 66.8 Å². The summed E-state index contributed by atoms with van der Waals surface area (Å²) in [4.78, 5) is 9.66. The van der Waals surface area contributed by atoms with Crippen LogP contribution in [0.3, 0.4) is 0 Å². The van der Waals surface area contributed by atoms with Crippen molar-refractivity contribution >= 4 is 7.60 Å². The van der Waals surface area contributed by atoms with Crippen molar-refractivity contribution in [2.24, 2.45) is 5.92 Å². The van der Waals surface area contributed by atoms with Gasteiger partial charge in [0.15, 0.2) is 5.85 Å². The smallest absolute Gasteiger partial charge is 0.356 e. The third-order valence-electron chi connectivity index (χ3n) is 3.23. The molecule has 0 saturated heterocycles. The maximum absolute atomic E-state index is 11.8. The van der Waals surface area contributed by atoms with E-state index in [1.165, 1.54) is 0 Å². The molecule has 110 valence electrons. The van der Waals surface area contributed by atoms with Gasteiger partial charge in [-0.25, -0.2) is 0 Å². The molecule has 0 aromatic heterocycles. The molecule has 0 heterocycles. The number of aliphatic hydroxyl groups is 1. The van der Waals surface area contributed by atoms with Gasteiger partial charge in [-0.3, -0.25) is 4.57 Å². The Balaban J connectivity index is 4.09. The standard InChI is InChI=1S/C13H29O4P/c1-4-7-9-12(6-3)11-17-18(15,16)13(14)10-8-5-2/h12-14H,4-11H2,1-3H3,(H,15,16). The molecule has 18 heavy (non-hydrogen) atoms. The predicted molar refractivity (Wildman–Crippen MR) is 74.6 cm³/mol. The van der Waals surface area contributed by atoms with Crippen molar-refractivity contribution in [1.29, 1.82) is 0 Å². The normalized spacial score (nSPS) is 18.3. The highest BCUT2D eigenvalue weighted by Gasteiger charge is 2.30. The summed E-state index contributed by atoms with van der Waals surface area (Å²) >= 11 is 0. The molecule has 0 amide bonds. The molecule has 0 aliphatic carbocycles. The van der Waals surface area contributed by atoms with E-state index in [9.17, 15) is 14.6 Å². The monoisotopic (exact) mass is 280 g/mol. The quantitative estimate of drug-likeness (QED) is 0.563. The lowest BCUT2D eigenvalue weighted by Gasteiger charge is -2.21. The Kier molecular flexibility index (Phi) is 10.0. The Labute approximate surface area is 111 Å². The Morgan fingerprint density at radius 2 is 1.67 bits per heavy atom. The molecule has 0 spiro atoms. The third-order valence-corrected chi connectivity index (χ3v) is 4.76. The van der Waals surface area contributed by atoms with E-state index >= 15 is 0 Å². The molecule has 2 N–H and O–H groups in total. The SMILES string of the molecule is CCCCC(CC)COP(=O)(O)C(O)CCCC. The number of rotatable bonds is 11. The Bertz CT molecular complexity index is 245. The van der Waals surface area contributed by atoms with Crippen molar-refractivity contribution in [3.63, 3.8) is 0 Å². The van der Waals surface area contributed by atoms with Gasteiger partial charge >= 0.3 is 7.60 Å². The zero-order valence-electron chi connectivity index (χ0n) is 12.0. The van der Waals surface area contributed by atoms with Gasteiger partial charge in [0, 0.05) is 0 Å². The second-order valence-electron chi connectivity index (χ2n) is 4.90. The van der Waals surface area contributed by atoms with Crippen LogP contribution in [0.1, 0.15) is 65.7 Å². The van der Waals surface area contributed by atoms with Crippen LogP contribution in [0.2, 0.25) is 0 Å². The highest BCUT2D eigenvalue weighted by molar-refractivity contribution is 7.53. The molecule has 0 bridgehead atoms. The molecular formula is C13H29O4P. The fraction of sp³-hybridized carbons (Fsp3) is 1.00. The second-order valence-corrected chi connectivity index (χ2v) is 6.88. The first-order valence-electron chi connectivity index (χ1n) is 7.12. The minimum atomic E-state index is -3.86. The van der Waals surface area contributed by atoms with E-state index in [0.717, 1.165) is 38.5 Å². The molecular weight excluding hydrogens is 251 g/mol. The summed E-state index contributed by atoms with van der Waals surface area (Å²) in [6.45, 7) is 6.43. The van der Waals surface area contributed by atoms with Gasteiger partial charge in [-0.2, -0.15) is 0 Å². The molecule has 0 fully saturated rings. The molecule has 0 aromatic rings. The fourth-order valence-corrected chi connectivity index (χ4v) is 2.85. The van der Waals surface area contributed by atoms with Crippen molar-refractivity contribution in [2.75, 3.05) is 6.61 Å². The third kappa shape index (κ3) is 7.52. The summed E-state index contributed by atoms with van der Waals surface area (Å²) in [7, 11) is -3.86. The lowest BCUT2D eigenvalue weighted by molar-refractivity contribution is 0.145. The second kappa shape index (κ2) is 9.96. The molecule has 0 rings (SSSR count). The van der Waals surface area contributed by atoms with Crippen LogP contribution in [0.5, 0.6) is 0 Å². The van der Waals surface area contributed by atoms with Gasteiger partial charge < -0.3 is 14.5 Å². The number of hydrogen-bond donors (Lipinski definition) is 2. The van der Waals surface area contributed by atoms with Crippen molar-refractivity contribution in [2.45, 2.75) is 71.6 Å². The van der Waals surface area contributed by atoms with Crippen LogP contribution < -0.4 is 0 Å². The van der Waals surface area contributed by atoms with Crippen LogP contribution in [0.25, 0.3) is 0 Å². The molecule has 0 aliphatic heterocycles. The van der Waals surface area contributed by atoms with Gasteiger partial charge in [0.05, 0.1) is 6.61 Å². The maximum Gasteiger partial charge on any atom is 0.356 e. The van der Waals surface area contributed by atoms with E-state index in [4.69, 9.17) is 4.52 Å². The number of unbranched alkanes of at least 4 members (excludes halogenated alkanes) is 2. The van der Waals surface area contributed by atoms with Gasteiger partial charge in [0.1, 0.15) is 0 Å². The van der Waals surface area contributed by atoms with Crippen LogP contribution in [0.4, 0.5) is 0 Å². The summed E-state index contributed by atoms with van der Waals surface area (Å²) in [5.74, 6) is -0.926. The van der Waals surface area contributed by atoms with Crippen LogP contribution in [-0.4, -0.2) is 22.5 Å². The molecule has 3 atom stereocenters. The van der Waals surface area contributed by atoms with E-state index in [1.807, 2.05) is 6.92 Å². The van der Waals surface area contributed by atoms with Gasteiger partial charge in [-0.15, -0.1) is 0 Å². The van der Waals surface area contributed by atoms with Crippen LogP contribution in [-0.2, 0) is 9.09 Å². The van der Waals surface area contributed by atoms with Crippen molar-refractivity contribution < 1.29 is 19.1 Å². The van der Waals surface area contributed by atoms with Crippen molar-refractivity contribution in [3.8, 4) is 0 Å². The van der Waals surface area contributed by atoms with E-state index in [0.29, 0.717) is 12.3 Å². The molecule has 4 nitrogen and oxygen atoms in total. The Hall–Kier alpha value is 0.110. The number of hydrogen-bond acceptors (Lipinski definition) is 3. The van der Waals surface area contributed by atoms with Crippen LogP contribution in [0.15, 0.2) is 0 Å². The van der Waals surface area contributed by atoms with Crippen LogP contribution in [0, 0.1) is 5.92 Å². The molecule has 3 unspecified atom stereocenters. The first-order chi connectivity index (χ1) is 8.47. The molecule has 0 aromatic carbocycles. The average molecular weight is 280 g/mol. The van der Waals surface area contributed by atoms with Gasteiger partial charge in [-0.05, 0) is 18.8 Å². The van der Waals surface area contributed by atoms with Gasteiger partial charge in [0.25, 0.3) is 0 Å². The fourth-order valence-electron chi connectivity index (χ4n) is 1.75. The first kappa shape index (κ1) is 18.1. The van der Waals surface area contributed by atoms with E-state index in [2.05, 4.69) is 13.8 Å². The van der Waals surface area contributed by atoms with Gasteiger partial charge in [-0.1, -0.05) is 52.9 Å². The largest absolute Gasteiger partial charge is 0.380 e. The first-order valence-corrected chi connectivity index (χ1v) is 8.77.